The molecule has 1 fully saturated rings. The monoisotopic (exact) mass is 368 g/mol. The van der Waals surface area contributed by atoms with E-state index in [1.807, 2.05) is 18.2 Å². The van der Waals surface area contributed by atoms with Gasteiger partial charge in [-0.2, -0.15) is 0 Å². The summed E-state index contributed by atoms with van der Waals surface area (Å²) in [5.74, 6) is -0.831. The fourth-order valence-corrected chi connectivity index (χ4v) is 3.21. The first kappa shape index (κ1) is 20.5. The molecule has 1 aliphatic rings. The maximum Gasteiger partial charge on any atom is 0.341 e. The van der Waals surface area contributed by atoms with Crippen molar-refractivity contribution in [2.24, 2.45) is 0 Å². The molecule has 0 unspecified atom stereocenters. The van der Waals surface area contributed by atoms with Crippen LogP contribution < -0.4 is 34.6 Å². The molecule has 0 bridgehead atoms. The van der Waals surface area contributed by atoms with Gasteiger partial charge in [0, 0.05) is 5.56 Å². The number of rotatable bonds is 4. The normalized spacial score (nSPS) is 19.7. The number of halogens is 2. The van der Waals surface area contributed by atoms with Crippen molar-refractivity contribution in [1.82, 2.24) is 0 Å². The zero-order valence-corrected chi connectivity index (χ0v) is 14.9. The van der Waals surface area contributed by atoms with Crippen molar-refractivity contribution >= 4 is 11.7 Å². The lowest BCUT2D eigenvalue weighted by atomic mass is 10.1. The molecule has 130 valence electrons. The van der Waals surface area contributed by atoms with Crippen LogP contribution in [0.2, 0.25) is 0 Å². The van der Waals surface area contributed by atoms with Gasteiger partial charge in [0.05, 0.1) is 0 Å². The van der Waals surface area contributed by atoms with Crippen molar-refractivity contribution in [1.29, 1.82) is 0 Å². The molecule has 1 aliphatic heterocycles. The lowest BCUT2D eigenvalue weighted by molar-refractivity contribution is -0.994. The van der Waals surface area contributed by atoms with Gasteiger partial charge in [0.15, 0.2) is 0 Å². The number of nitrogens with one attached hydrogen (secondary N) is 2. The fraction of sp³-hybridized carbons (Fsp3) is 0.278. The van der Waals surface area contributed by atoms with Gasteiger partial charge in [-0.15, -0.1) is 0 Å². The molecule has 0 spiro atoms. The highest BCUT2D eigenvalue weighted by molar-refractivity contribution is 5.92. The minimum Gasteiger partial charge on any atom is -1.00 e. The minimum absolute atomic E-state index is 0. The Kier molecular flexibility index (Phi) is 8.22. The zero-order valence-electron chi connectivity index (χ0n) is 13.3. The number of carboxylic acid groups (broad SMARTS) is 1. The number of hydrogen-bond donors (Lipinski definition) is 3. The molecule has 1 saturated heterocycles. The van der Waals surface area contributed by atoms with Gasteiger partial charge >= 0.3 is 5.97 Å². The van der Waals surface area contributed by atoms with Crippen LogP contribution in [0.5, 0.6) is 0 Å². The number of hydrogen-bond acceptors (Lipinski definition) is 1. The van der Waals surface area contributed by atoms with Crippen LogP contribution >= 0.6 is 0 Å². The minimum atomic E-state index is -0.831. The number of para-hydroxylation sites is 1. The highest BCUT2D eigenvalue weighted by Gasteiger charge is 2.27. The Morgan fingerprint density at radius 2 is 1.46 bits per heavy atom. The van der Waals surface area contributed by atoms with Crippen LogP contribution in [0.25, 0.3) is 0 Å². The first-order valence-electron chi connectivity index (χ1n) is 7.79. The van der Waals surface area contributed by atoms with Crippen LogP contribution in [-0.4, -0.2) is 37.3 Å². The van der Waals surface area contributed by atoms with Gasteiger partial charge in [-0.25, -0.2) is 4.79 Å². The number of benzene rings is 2. The topological polar surface area (TPSA) is 46.2 Å². The van der Waals surface area contributed by atoms with E-state index in [1.165, 1.54) is 10.5 Å². The SMILES string of the molecule is O=C(O)c1ccccc1[NH+]1CC[NH+](Cc2ccccc2)CC1.[Cl-].[Cl-]. The van der Waals surface area contributed by atoms with Gasteiger partial charge < -0.3 is 34.8 Å². The second-order valence-electron chi connectivity index (χ2n) is 5.87. The summed E-state index contributed by atoms with van der Waals surface area (Å²) in [6.45, 7) is 5.14. The van der Waals surface area contributed by atoms with Gasteiger partial charge in [-0.05, 0) is 12.1 Å². The van der Waals surface area contributed by atoms with Crippen molar-refractivity contribution in [3.05, 3.63) is 65.7 Å². The molecule has 6 heteroatoms. The molecular weight excluding hydrogens is 347 g/mol. The molecule has 2 aromatic rings. The molecular formula is C18H22Cl2N2O2. The molecule has 0 saturated carbocycles. The lowest BCUT2D eigenvalue weighted by Gasteiger charge is -2.30. The van der Waals surface area contributed by atoms with E-state index in [4.69, 9.17) is 0 Å². The van der Waals surface area contributed by atoms with Crippen LogP contribution in [0.1, 0.15) is 15.9 Å². The van der Waals surface area contributed by atoms with Crippen LogP contribution in [-0.2, 0) is 6.54 Å². The molecule has 0 aliphatic carbocycles. The second-order valence-corrected chi connectivity index (χ2v) is 5.87. The Bertz CT molecular complexity index is 644. The third kappa shape index (κ3) is 4.95. The molecule has 3 N–H and O–H groups in total. The van der Waals surface area contributed by atoms with Crippen molar-refractivity contribution in [2.75, 3.05) is 26.2 Å². The van der Waals surface area contributed by atoms with Gasteiger partial charge in [0.1, 0.15) is 44.0 Å². The highest BCUT2D eigenvalue weighted by atomic mass is 35.5. The van der Waals surface area contributed by atoms with Crippen molar-refractivity contribution in [2.45, 2.75) is 6.54 Å². The van der Waals surface area contributed by atoms with Crippen molar-refractivity contribution in [3.8, 4) is 0 Å². The summed E-state index contributed by atoms with van der Waals surface area (Å²) in [5, 5.41) is 9.32. The Hall–Kier alpha value is -1.59. The van der Waals surface area contributed by atoms with E-state index in [1.54, 1.807) is 17.0 Å². The van der Waals surface area contributed by atoms with Gasteiger partial charge in [-0.1, -0.05) is 42.5 Å². The average molecular weight is 369 g/mol. The number of carbonyl (C=O) groups is 1. The molecule has 0 atom stereocenters. The summed E-state index contributed by atoms with van der Waals surface area (Å²) in [7, 11) is 0. The van der Waals surface area contributed by atoms with E-state index in [9.17, 15) is 9.90 Å². The van der Waals surface area contributed by atoms with Crippen LogP contribution in [0.3, 0.4) is 0 Å². The molecule has 3 rings (SSSR count). The predicted octanol–water partition coefficient (Wildman–Crippen LogP) is -5.99. The number of quaternary nitrogens is 2. The van der Waals surface area contributed by atoms with Gasteiger partial charge in [0.2, 0.25) is 0 Å². The highest BCUT2D eigenvalue weighted by Crippen LogP contribution is 2.10. The summed E-state index contributed by atoms with van der Waals surface area (Å²) in [4.78, 5) is 14.2. The second kappa shape index (κ2) is 9.64. The molecule has 2 aromatic carbocycles. The number of aromatic carboxylic acids is 1. The number of piperazine rings is 1. The van der Waals surface area contributed by atoms with E-state index < -0.39 is 5.97 Å². The summed E-state index contributed by atoms with van der Waals surface area (Å²) in [6, 6.07) is 17.9. The van der Waals surface area contributed by atoms with Crippen LogP contribution in [0.15, 0.2) is 54.6 Å². The van der Waals surface area contributed by atoms with Crippen molar-refractivity contribution < 1.29 is 44.5 Å². The summed E-state index contributed by atoms with van der Waals surface area (Å²) in [5.41, 5.74) is 2.73. The zero-order chi connectivity index (χ0) is 15.4. The molecule has 4 nitrogen and oxygen atoms in total. The van der Waals surface area contributed by atoms with E-state index in [0.29, 0.717) is 5.56 Å². The van der Waals surface area contributed by atoms with Crippen molar-refractivity contribution in [3.63, 3.8) is 0 Å². The molecule has 0 aromatic heterocycles. The van der Waals surface area contributed by atoms with E-state index in [2.05, 4.69) is 24.3 Å². The maximum absolute atomic E-state index is 11.4. The Morgan fingerprint density at radius 1 is 0.875 bits per heavy atom. The summed E-state index contributed by atoms with van der Waals surface area (Å²) >= 11 is 0. The molecule has 0 amide bonds. The van der Waals surface area contributed by atoms with Gasteiger partial charge in [-0.3, -0.25) is 4.90 Å². The van der Waals surface area contributed by atoms with Crippen LogP contribution in [0.4, 0.5) is 5.69 Å². The number of carboxylic acids is 1. The standard InChI is InChI=1S/C18H20N2O2.2ClH/c21-18(22)16-8-4-5-9-17(16)20-12-10-19(11-13-20)14-15-6-2-1-3-7-15;;/h1-9H,10-14H2,(H,21,22);2*1H. The van der Waals surface area contributed by atoms with E-state index in [0.717, 1.165) is 38.4 Å². The quantitative estimate of drug-likeness (QED) is 0.503. The van der Waals surface area contributed by atoms with E-state index >= 15 is 0 Å². The third-order valence-corrected chi connectivity index (χ3v) is 4.40. The largest absolute Gasteiger partial charge is 1.00 e. The first-order chi connectivity index (χ1) is 10.7. The lowest BCUT2D eigenvalue weighted by Crippen LogP contribution is -3.25. The summed E-state index contributed by atoms with van der Waals surface area (Å²) in [6.07, 6.45) is 0. The maximum atomic E-state index is 11.4. The van der Waals surface area contributed by atoms with Gasteiger partial charge in [0.25, 0.3) is 0 Å². The smallest absolute Gasteiger partial charge is 0.341 e. The molecule has 24 heavy (non-hydrogen) atoms. The Balaban J connectivity index is 0.00000144. The average Bonchev–Trinajstić information content (AvgIpc) is 2.56. The Labute approximate surface area is 154 Å². The molecule has 1 heterocycles. The predicted molar refractivity (Wildman–Crippen MR) is 84.6 cm³/mol. The fourth-order valence-electron chi connectivity index (χ4n) is 3.21. The summed E-state index contributed by atoms with van der Waals surface area (Å²) < 4.78 is 0. The third-order valence-electron chi connectivity index (χ3n) is 4.40. The first-order valence-corrected chi connectivity index (χ1v) is 7.79. The van der Waals surface area contributed by atoms with E-state index in [-0.39, 0.29) is 24.8 Å². The molecule has 0 radical (unpaired) electrons. The van der Waals surface area contributed by atoms with Crippen LogP contribution in [0, 0.1) is 0 Å². The Morgan fingerprint density at radius 3 is 2.08 bits per heavy atom.